The Kier molecular flexibility index (Phi) is 5.70. The average Bonchev–Trinajstić information content (AvgIpc) is 2.31. The molecule has 0 unspecified atom stereocenters. The molecule has 0 saturated carbocycles. The highest BCUT2D eigenvalue weighted by atomic mass is 32.2. The summed E-state index contributed by atoms with van der Waals surface area (Å²) in [6.07, 6.45) is 0. The van der Waals surface area contributed by atoms with Crippen LogP contribution in [0, 0.1) is 0 Å². The van der Waals surface area contributed by atoms with Crippen molar-refractivity contribution in [3.05, 3.63) is 30.3 Å². The monoisotopic (exact) mass is 224 g/mol. The molecule has 0 aliphatic carbocycles. The number of ether oxygens (including phenoxy) is 1. The van der Waals surface area contributed by atoms with Gasteiger partial charge >= 0.3 is 0 Å². The van der Waals surface area contributed by atoms with Crippen LogP contribution < -0.4 is 10.1 Å². The van der Waals surface area contributed by atoms with Gasteiger partial charge in [-0.15, -0.1) is 0 Å². The van der Waals surface area contributed by atoms with E-state index >= 15 is 0 Å². The lowest BCUT2D eigenvalue weighted by Crippen LogP contribution is -2.15. The fraction of sp³-hybridized carbons (Fsp3) is 0.364. The molecule has 0 amide bonds. The van der Waals surface area contributed by atoms with Gasteiger partial charge in [0.05, 0.1) is 6.61 Å². The predicted octanol–water partition coefficient (Wildman–Crippen LogP) is 2.00. The lowest BCUT2D eigenvalue weighted by Gasteiger charge is -2.06. The van der Waals surface area contributed by atoms with Gasteiger partial charge in [0.1, 0.15) is 5.75 Å². The number of rotatable bonds is 4. The van der Waals surface area contributed by atoms with E-state index in [0.29, 0.717) is 6.61 Å². The van der Waals surface area contributed by atoms with Gasteiger partial charge in [-0.2, -0.15) is 0 Å². The Hall–Kier alpha value is -1.16. The highest BCUT2D eigenvalue weighted by molar-refractivity contribution is 8.13. The van der Waals surface area contributed by atoms with Crippen LogP contribution in [0.3, 0.4) is 0 Å². The van der Waals surface area contributed by atoms with Gasteiger partial charge in [0, 0.05) is 19.8 Å². The third-order valence-electron chi connectivity index (χ3n) is 1.75. The summed E-state index contributed by atoms with van der Waals surface area (Å²) < 4.78 is 5.54. The van der Waals surface area contributed by atoms with Crippen LogP contribution in [0.4, 0.5) is 0 Å². The summed E-state index contributed by atoms with van der Waals surface area (Å²) in [7, 11) is 3.64. The van der Waals surface area contributed by atoms with E-state index in [4.69, 9.17) is 4.74 Å². The highest BCUT2D eigenvalue weighted by Gasteiger charge is 1.96. The first-order valence-corrected chi connectivity index (χ1v) is 5.80. The Labute approximate surface area is 94.9 Å². The van der Waals surface area contributed by atoms with Crippen molar-refractivity contribution in [1.82, 2.24) is 5.32 Å². The first kappa shape index (κ1) is 11.9. The minimum atomic E-state index is 0.690. The minimum absolute atomic E-state index is 0.690. The Morgan fingerprint density at radius 3 is 2.73 bits per heavy atom. The number of hydrogen-bond acceptors (Lipinski definition) is 3. The van der Waals surface area contributed by atoms with Gasteiger partial charge in [0.2, 0.25) is 0 Å². The Morgan fingerprint density at radius 2 is 2.13 bits per heavy atom. The molecule has 0 heterocycles. The van der Waals surface area contributed by atoms with Gasteiger partial charge in [-0.3, -0.25) is 4.99 Å². The summed E-state index contributed by atoms with van der Waals surface area (Å²) in [5.74, 6) is 1.81. The third-order valence-corrected chi connectivity index (χ3v) is 2.78. The van der Waals surface area contributed by atoms with Crippen molar-refractivity contribution in [2.45, 2.75) is 0 Å². The van der Waals surface area contributed by atoms with Crippen molar-refractivity contribution in [1.29, 1.82) is 0 Å². The molecule has 0 bridgehead atoms. The first-order chi connectivity index (χ1) is 7.36. The molecule has 0 radical (unpaired) electrons. The van der Waals surface area contributed by atoms with E-state index in [1.165, 1.54) is 0 Å². The molecule has 1 N–H and O–H groups in total. The molecular formula is C11H16N2OS. The number of amidine groups is 1. The van der Waals surface area contributed by atoms with E-state index in [0.717, 1.165) is 16.7 Å². The van der Waals surface area contributed by atoms with E-state index in [2.05, 4.69) is 10.3 Å². The predicted molar refractivity (Wildman–Crippen MR) is 66.8 cm³/mol. The molecule has 1 aromatic carbocycles. The number of nitrogens with zero attached hydrogens (tertiary/aromatic N) is 1. The van der Waals surface area contributed by atoms with Crippen LogP contribution in [0.1, 0.15) is 0 Å². The Balaban J connectivity index is 2.17. The molecular weight excluding hydrogens is 208 g/mol. The van der Waals surface area contributed by atoms with Crippen molar-refractivity contribution in [2.24, 2.45) is 4.99 Å². The normalized spacial score (nSPS) is 11.2. The Bertz CT molecular complexity index is 301. The fourth-order valence-corrected chi connectivity index (χ4v) is 1.70. The number of para-hydroxylation sites is 1. The number of benzene rings is 1. The summed E-state index contributed by atoms with van der Waals surface area (Å²) in [5.41, 5.74) is 0. The van der Waals surface area contributed by atoms with Gasteiger partial charge in [-0.05, 0) is 12.1 Å². The number of aliphatic imine (C=N–C) groups is 1. The average molecular weight is 224 g/mol. The first-order valence-electron chi connectivity index (χ1n) is 4.82. The molecule has 3 nitrogen and oxygen atoms in total. The standard InChI is InChI=1S/C11H16N2OS/c1-12-11(13-2)15-9-8-14-10-6-4-3-5-7-10/h3-7H,8-9H2,1-2H3,(H,12,13). The summed E-state index contributed by atoms with van der Waals surface area (Å²) in [6.45, 7) is 0.690. The van der Waals surface area contributed by atoms with Gasteiger partial charge in [-0.25, -0.2) is 0 Å². The van der Waals surface area contributed by atoms with Crippen molar-refractivity contribution in [3.8, 4) is 5.75 Å². The number of thioether (sulfide) groups is 1. The van der Waals surface area contributed by atoms with Crippen molar-refractivity contribution in [3.63, 3.8) is 0 Å². The maximum Gasteiger partial charge on any atom is 0.156 e. The summed E-state index contributed by atoms with van der Waals surface area (Å²) in [4.78, 5) is 4.06. The quantitative estimate of drug-likeness (QED) is 0.482. The Morgan fingerprint density at radius 1 is 1.40 bits per heavy atom. The number of nitrogens with one attached hydrogen (secondary N) is 1. The minimum Gasteiger partial charge on any atom is -0.493 e. The van der Waals surface area contributed by atoms with E-state index in [-0.39, 0.29) is 0 Å². The molecule has 1 aromatic rings. The van der Waals surface area contributed by atoms with E-state index < -0.39 is 0 Å². The van der Waals surface area contributed by atoms with Crippen molar-refractivity contribution < 1.29 is 4.74 Å². The zero-order valence-electron chi connectivity index (χ0n) is 9.06. The largest absolute Gasteiger partial charge is 0.493 e. The fourth-order valence-electron chi connectivity index (χ4n) is 1.06. The van der Waals surface area contributed by atoms with E-state index in [1.807, 2.05) is 37.4 Å². The summed E-state index contributed by atoms with van der Waals surface area (Å²) in [5, 5.41) is 3.94. The molecule has 4 heteroatoms. The van der Waals surface area contributed by atoms with Gasteiger partial charge in [0.15, 0.2) is 5.17 Å². The van der Waals surface area contributed by atoms with Crippen LogP contribution in [-0.4, -0.2) is 31.6 Å². The lowest BCUT2D eigenvalue weighted by molar-refractivity contribution is 0.344. The van der Waals surface area contributed by atoms with Crippen LogP contribution in [0.25, 0.3) is 0 Å². The van der Waals surface area contributed by atoms with E-state index in [1.54, 1.807) is 18.8 Å². The zero-order valence-corrected chi connectivity index (χ0v) is 9.88. The smallest absolute Gasteiger partial charge is 0.156 e. The van der Waals surface area contributed by atoms with Crippen molar-refractivity contribution in [2.75, 3.05) is 26.5 Å². The number of hydrogen-bond donors (Lipinski definition) is 1. The molecule has 0 saturated heterocycles. The second kappa shape index (κ2) is 7.17. The molecule has 0 aliphatic heterocycles. The van der Waals surface area contributed by atoms with E-state index in [9.17, 15) is 0 Å². The second-order valence-corrected chi connectivity index (χ2v) is 3.87. The summed E-state index contributed by atoms with van der Waals surface area (Å²) in [6, 6.07) is 9.82. The maximum absolute atomic E-state index is 5.54. The van der Waals surface area contributed by atoms with Crippen LogP contribution in [0.2, 0.25) is 0 Å². The van der Waals surface area contributed by atoms with Crippen molar-refractivity contribution >= 4 is 16.9 Å². The van der Waals surface area contributed by atoms with Gasteiger partial charge in [-0.1, -0.05) is 30.0 Å². The lowest BCUT2D eigenvalue weighted by atomic mass is 10.3. The van der Waals surface area contributed by atoms with Gasteiger partial charge in [0.25, 0.3) is 0 Å². The molecule has 0 fully saturated rings. The summed E-state index contributed by atoms with van der Waals surface area (Å²) >= 11 is 1.65. The van der Waals surface area contributed by atoms with Crippen LogP contribution >= 0.6 is 11.8 Å². The van der Waals surface area contributed by atoms with Gasteiger partial charge < -0.3 is 10.1 Å². The zero-order chi connectivity index (χ0) is 10.9. The third kappa shape index (κ3) is 4.74. The van der Waals surface area contributed by atoms with Crippen LogP contribution in [0.5, 0.6) is 5.75 Å². The second-order valence-electron chi connectivity index (χ2n) is 2.79. The molecule has 15 heavy (non-hydrogen) atoms. The molecule has 0 spiro atoms. The van der Waals surface area contributed by atoms with Crippen LogP contribution in [0.15, 0.2) is 35.3 Å². The highest BCUT2D eigenvalue weighted by Crippen LogP contribution is 2.09. The topological polar surface area (TPSA) is 33.6 Å². The molecule has 0 aliphatic rings. The maximum atomic E-state index is 5.54. The molecule has 0 aromatic heterocycles. The molecule has 0 atom stereocenters. The molecule has 1 rings (SSSR count). The van der Waals surface area contributed by atoms with Crippen LogP contribution in [-0.2, 0) is 0 Å². The molecule has 82 valence electrons. The SMILES string of the molecule is CN=C(NC)SCCOc1ccccc1.